The van der Waals surface area contributed by atoms with Gasteiger partial charge in [-0.1, -0.05) is 29.8 Å². The van der Waals surface area contributed by atoms with Crippen molar-refractivity contribution in [3.05, 3.63) is 83.9 Å². The van der Waals surface area contributed by atoms with Crippen molar-refractivity contribution in [2.75, 3.05) is 16.6 Å². The number of hydrogen-bond acceptors (Lipinski definition) is 4. The SMILES string of the molecule is Cc1ccc(NS(=O)(=O)c2ccc(OCC(=O)Nc3ccccc3C(F)(F)F)cc2)cc1. The molecule has 0 unspecified atom stereocenters. The number of carbonyl (C=O) groups excluding carboxylic acids is 1. The van der Waals surface area contributed by atoms with Crippen LogP contribution in [0.2, 0.25) is 0 Å². The lowest BCUT2D eigenvalue weighted by atomic mass is 10.1. The highest BCUT2D eigenvalue weighted by atomic mass is 32.2. The minimum Gasteiger partial charge on any atom is -0.484 e. The first kappa shape index (κ1) is 23.1. The quantitative estimate of drug-likeness (QED) is 0.525. The summed E-state index contributed by atoms with van der Waals surface area (Å²) in [4.78, 5) is 12.0. The van der Waals surface area contributed by atoms with Gasteiger partial charge in [0, 0.05) is 5.69 Å². The highest BCUT2D eigenvalue weighted by Crippen LogP contribution is 2.34. The van der Waals surface area contributed by atoms with Crippen LogP contribution in [0.3, 0.4) is 0 Å². The van der Waals surface area contributed by atoms with Gasteiger partial charge >= 0.3 is 6.18 Å². The number of para-hydroxylation sites is 1. The third kappa shape index (κ3) is 6.01. The molecule has 6 nitrogen and oxygen atoms in total. The average molecular weight is 464 g/mol. The number of carbonyl (C=O) groups is 1. The number of sulfonamides is 1. The van der Waals surface area contributed by atoms with Crippen molar-refractivity contribution in [3.63, 3.8) is 0 Å². The van der Waals surface area contributed by atoms with Gasteiger partial charge in [-0.3, -0.25) is 9.52 Å². The van der Waals surface area contributed by atoms with E-state index in [0.29, 0.717) is 5.69 Å². The smallest absolute Gasteiger partial charge is 0.418 e. The molecule has 2 N–H and O–H groups in total. The van der Waals surface area contributed by atoms with E-state index in [1.54, 1.807) is 24.3 Å². The molecule has 32 heavy (non-hydrogen) atoms. The predicted octanol–water partition coefficient (Wildman–Crippen LogP) is 4.83. The molecule has 3 aromatic rings. The molecule has 0 aliphatic carbocycles. The number of benzene rings is 3. The van der Waals surface area contributed by atoms with Crippen LogP contribution in [0.5, 0.6) is 5.75 Å². The normalized spacial score (nSPS) is 11.6. The van der Waals surface area contributed by atoms with Gasteiger partial charge in [0.25, 0.3) is 15.9 Å². The largest absolute Gasteiger partial charge is 0.484 e. The van der Waals surface area contributed by atoms with Crippen LogP contribution in [0.25, 0.3) is 0 Å². The number of hydrogen-bond donors (Lipinski definition) is 2. The van der Waals surface area contributed by atoms with Crippen molar-refractivity contribution in [2.24, 2.45) is 0 Å². The van der Waals surface area contributed by atoms with Crippen LogP contribution in [-0.4, -0.2) is 20.9 Å². The zero-order chi connectivity index (χ0) is 23.4. The lowest BCUT2D eigenvalue weighted by Crippen LogP contribution is -2.22. The Morgan fingerprint density at radius 2 is 1.56 bits per heavy atom. The van der Waals surface area contributed by atoms with Crippen LogP contribution in [0.1, 0.15) is 11.1 Å². The van der Waals surface area contributed by atoms with E-state index < -0.39 is 34.3 Å². The zero-order valence-electron chi connectivity index (χ0n) is 16.8. The van der Waals surface area contributed by atoms with Crippen LogP contribution in [0.4, 0.5) is 24.5 Å². The Bertz CT molecular complexity index is 1190. The molecule has 168 valence electrons. The van der Waals surface area contributed by atoms with Crippen molar-refractivity contribution < 1.29 is 31.1 Å². The van der Waals surface area contributed by atoms with Gasteiger partial charge in [-0.2, -0.15) is 13.2 Å². The van der Waals surface area contributed by atoms with Gasteiger partial charge in [0.15, 0.2) is 6.61 Å². The van der Waals surface area contributed by atoms with Gasteiger partial charge in [0.05, 0.1) is 16.1 Å². The molecule has 0 fully saturated rings. The molecule has 0 saturated heterocycles. The van der Waals surface area contributed by atoms with Crippen LogP contribution in [0.15, 0.2) is 77.7 Å². The number of aryl methyl sites for hydroxylation is 1. The topological polar surface area (TPSA) is 84.5 Å². The number of nitrogens with one attached hydrogen (secondary N) is 2. The molecule has 0 bridgehead atoms. The highest BCUT2D eigenvalue weighted by molar-refractivity contribution is 7.92. The van der Waals surface area contributed by atoms with E-state index in [0.717, 1.165) is 17.7 Å². The Balaban J connectivity index is 1.60. The number of anilines is 2. The van der Waals surface area contributed by atoms with Crippen molar-refractivity contribution in [3.8, 4) is 5.75 Å². The Hall–Kier alpha value is -3.53. The van der Waals surface area contributed by atoms with E-state index in [-0.39, 0.29) is 16.3 Å². The summed E-state index contributed by atoms with van der Waals surface area (Å²) in [5, 5.41) is 2.16. The van der Waals surface area contributed by atoms with E-state index in [2.05, 4.69) is 10.0 Å². The second kappa shape index (κ2) is 9.31. The standard InChI is InChI=1S/C22H19F3N2O4S/c1-15-6-8-16(9-7-15)27-32(29,30)18-12-10-17(11-13-18)31-14-21(28)26-20-5-3-2-4-19(20)22(23,24)25/h2-13,27H,14H2,1H3,(H,26,28). The Morgan fingerprint density at radius 1 is 0.938 bits per heavy atom. The first-order chi connectivity index (χ1) is 15.0. The van der Waals surface area contributed by atoms with Crippen molar-refractivity contribution in [2.45, 2.75) is 18.0 Å². The second-order valence-corrected chi connectivity index (χ2v) is 8.51. The van der Waals surface area contributed by atoms with Gasteiger partial charge in [0.1, 0.15) is 5.75 Å². The molecular formula is C22H19F3N2O4S. The Labute approximate surface area is 183 Å². The lowest BCUT2D eigenvalue weighted by Gasteiger charge is -2.14. The molecule has 3 rings (SSSR count). The second-order valence-electron chi connectivity index (χ2n) is 6.82. The fourth-order valence-corrected chi connectivity index (χ4v) is 3.78. The summed E-state index contributed by atoms with van der Waals surface area (Å²) in [5.41, 5.74) is 0.0494. The summed E-state index contributed by atoms with van der Waals surface area (Å²) < 4.78 is 71.7. The summed E-state index contributed by atoms with van der Waals surface area (Å²) in [6.07, 6.45) is -4.61. The molecule has 0 atom stereocenters. The Morgan fingerprint density at radius 3 is 2.19 bits per heavy atom. The van der Waals surface area contributed by atoms with Gasteiger partial charge < -0.3 is 10.1 Å². The molecule has 10 heteroatoms. The molecule has 3 aromatic carbocycles. The van der Waals surface area contributed by atoms with Gasteiger partial charge in [-0.15, -0.1) is 0 Å². The van der Waals surface area contributed by atoms with Crippen LogP contribution in [-0.2, 0) is 21.0 Å². The molecule has 1 amide bonds. The van der Waals surface area contributed by atoms with Crippen molar-refractivity contribution in [1.29, 1.82) is 0 Å². The van der Waals surface area contributed by atoms with E-state index in [4.69, 9.17) is 4.74 Å². The van der Waals surface area contributed by atoms with Gasteiger partial charge in [-0.05, 0) is 55.5 Å². The first-order valence-electron chi connectivity index (χ1n) is 9.33. The maximum absolute atomic E-state index is 13.0. The molecule has 0 aliphatic heterocycles. The monoisotopic (exact) mass is 464 g/mol. The number of alkyl halides is 3. The third-order valence-corrected chi connectivity index (χ3v) is 5.71. The fourth-order valence-electron chi connectivity index (χ4n) is 2.73. The zero-order valence-corrected chi connectivity index (χ0v) is 17.6. The lowest BCUT2D eigenvalue weighted by molar-refractivity contribution is -0.137. The maximum atomic E-state index is 13.0. The number of amides is 1. The van der Waals surface area contributed by atoms with Gasteiger partial charge in [0.2, 0.25) is 0 Å². The summed E-state index contributed by atoms with van der Waals surface area (Å²) in [6, 6.07) is 16.7. The predicted molar refractivity (Wildman–Crippen MR) is 114 cm³/mol. The molecule has 0 aliphatic rings. The number of ether oxygens (including phenoxy) is 1. The fraction of sp³-hybridized carbons (Fsp3) is 0.136. The van der Waals surface area contributed by atoms with E-state index in [9.17, 15) is 26.4 Å². The maximum Gasteiger partial charge on any atom is 0.418 e. The van der Waals surface area contributed by atoms with Crippen LogP contribution >= 0.6 is 0 Å². The first-order valence-corrected chi connectivity index (χ1v) is 10.8. The molecule has 0 radical (unpaired) electrons. The molecular weight excluding hydrogens is 445 g/mol. The van der Waals surface area contributed by atoms with E-state index in [1.165, 1.54) is 36.4 Å². The van der Waals surface area contributed by atoms with Crippen molar-refractivity contribution in [1.82, 2.24) is 0 Å². The van der Waals surface area contributed by atoms with E-state index >= 15 is 0 Å². The number of halogens is 3. The van der Waals surface area contributed by atoms with Crippen molar-refractivity contribution >= 4 is 27.3 Å². The molecule has 0 heterocycles. The summed E-state index contributed by atoms with van der Waals surface area (Å²) >= 11 is 0. The summed E-state index contributed by atoms with van der Waals surface area (Å²) in [7, 11) is -3.83. The molecule has 0 aromatic heterocycles. The van der Waals surface area contributed by atoms with E-state index in [1.807, 2.05) is 6.92 Å². The van der Waals surface area contributed by atoms with Crippen LogP contribution in [0, 0.1) is 6.92 Å². The minimum absolute atomic E-state index is 0.0195. The number of rotatable bonds is 7. The minimum atomic E-state index is -4.61. The third-order valence-electron chi connectivity index (χ3n) is 4.31. The van der Waals surface area contributed by atoms with Gasteiger partial charge in [-0.25, -0.2) is 8.42 Å². The summed E-state index contributed by atoms with van der Waals surface area (Å²) in [6.45, 7) is 1.33. The van der Waals surface area contributed by atoms with Crippen LogP contribution < -0.4 is 14.8 Å². The highest BCUT2D eigenvalue weighted by Gasteiger charge is 2.33. The molecule has 0 spiro atoms. The summed E-state index contributed by atoms with van der Waals surface area (Å²) in [5.74, 6) is -0.613. The average Bonchev–Trinajstić information content (AvgIpc) is 2.74. The molecule has 0 saturated carbocycles. The Kier molecular flexibility index (Phi) is 6.73.